The Bertz CT molecular complexity index is 1900. The van der Waals surface area contributed by atoms with Gasteiger partial charge in [0.1, 0.15) is 22.1 Å². The van der Waals surface area contributed by atoms with Crippen LogP contribution in [0.3, 0.4) is 0 Å². The second-order valence-corrected chi connectivity index (χ2v) is 15.7. The van der Waals surface area contributed by atoms with Crippen LogP contribution >= 0.6 is 11.3 Å². The molecule has 3 aliphatic rings. The SMILES string of the molecule is CCC[C@H]1N(C(=O)c2ncccc2C(F)(F)F)CCC[C@@]1(Oc1csc(C(F)(F)F)c1)C(=O)N1CCC(O)(c2ccccc2OC[C@H]2CC[C@@H](C(=O)O)C2)CC1. The number of halogens is 6. The van der Waals surface area contributed by atoms with Crippen LogP contribution in [0.2, 0.25) is 0 Å². The largest absolute Gasteiger partial charge is 0.493 e. The van der Waals surface area contributed by atoms with E-state index in [0.717, 1.165) is 34.7 Å². The first-order valence-electron chi connectivity index (χ1n) is 18.6. The van der Waals surface area contributed by atoms with Gasteiger partial charge < -0.3 is 29.5 Å². The Morgan fingerprint density at radius 2 is 1.71 bits per heavy atom. The Balaban J connectivity index is 1.29. The summed E-state index contributed by atoms with van der Waals surface area (Å²) in [7, 11) is 0. The maximum atomic E-state index is 14.9. The first-order valence-corrected chi connectivity index (χ1v) is 19.5. The molecule has 2 aliphatic heterocycles. The molecule has 304 valence electrons. The van der Waals surface area contributed by atoms with Gasteiger partial charge in [-0.25, -0.2) is 0 Å². The van der Waals surface area contributed by atoms with Crippen LogP contribution < -0.4 is 9.47 Å². The summed E-state index contributed by atoms with van der Waals surface area (Å²) in [5, 5.41) is 22.5. The monoisotopic (exact) mass is 811 g/mol. The maximum Gasteiger partial charge on any atom is 0.425 e. The highest BCUT2D eigenvalue weighted by Crippen LogP contribution is 2.45. The fourth-order valence-corrected chi connectivity index (χ4v) is 9.00. The van der Waals surface area contributed by atoms with E-state index in [2.05, 4.69) is 4.98 Å². The molecule has 2 saturated heterocycles. The minimum Gasteiger partial charge on any atom is -0.493 e. The fourth-order valence-electron chi connectivity index (χ4n) is 8.33. The molecule has 1 aliphatic carbocycles. The molecule has 2 aromatic heterocycles. The van der Waals surface area contributed by atoms with Crippen LogP contribution in [0, 0.1) is 11.8 Å². The summed E-state index contributed by atoms with van der Waals surface area (Å²) < 4.78 is 95.8. The minimum absolute atomic E-state index is 0.0274. The molecule has 0 radical (unpaired) electrons. The highest BCUT2D eigenvalue weighted by atomic mass is 32.1. The molecule has 1 saturated carbocycles. The summed E-state index contributed by atoms with van der Waals surface area (Å²) in [6, 6.07) is 8.28. The molecule has 17 heteroatoms. The van der Waals surface area contributed by atoms with Gasteiger partial charge in [-0.05, 0) is 69.1 Å². The molecule has 2 N–H and O–H groups in total. The van der Waals surface area contributed by atoms with Crippen molar-refractivity contribution >= 4 is 29.1 Å². The van der Waals surface area contributed by atoms with E-state index in [0.29, 0.717) is 48.3 Å². The number of nitrogens with zero attached hydrogens (tertiary/aromatic N) is 3. The number of amides is 2. The molecule has 56 heavy (non-hydrogen) atoms. The number of piperidine rings is 2. The lowest BCUT2D eigenvalue weighted by molar-refractivity contribution is -0.163. The number of benzene rings is 1. The van der Waals surface area contributed by atoms with Crippen LogP contribution in [0.4, 0.5) is 26.3 Å². The molecule has 3 fully saturated rings. The number of aliphatic hydroxyl groups is 1. The lowest BCUT2D eigenvalue weighted by Crippen LogP contribution is -2.68. The molecular formula is C39H43F6N3O7S. The maximum absolute atomic E-state index is 14.9. The molecule has 2 amide bonds. The van der Waals surface area contributed by atoms with Gasteiger partial charge in [-0.1, -0.05) is 31.5 Å². The summed E-state index contributed by atoms with van der Waals surface area (Å²) in [5.74, 6) is -2.83. The van der Waals surface area contributed by atoms with E-state index in [-0.39, 0.29) is 70.0 Å². The summed E-state index contributed by atoms with van der Waals surface area (Å²) >= 11 is 0.365. The van der Waals surface area contributed by atoms with Crippen molar-refractivity contribution < 1.29 is 60.4 Å². The molecular weight excluding hydrogens is 768 g/mol. The van der Waals surface area contributed by atoms with Crippen molar-refractivity contribution in [2.75, 3.05) is 26.2 Å². The van der Waals surface area contributed by atoms with Crippen molar-refractivity contribution in [2.45, 2.75) is 94.3 Å². The van der Waals surface area contributed by atoms with Crippen molar-refractivity contribution in [3.63, 3.8) is 0 Å². The van der Waals surface area contributed by atoms with Crippen molar-refractivity contribution in [1.29, 1.82) is 0 Å². The second-order valence-electron chi connectivity index (χ2n) is 14.8. The molecule has 0 unspecified atom stereocenters. The van der Waals surface area contributed by atoms with E-state index in [1.807, 2.05) is 0 Å². The third-order valence-corrected chi connectivity index (χ3v) is 12.1. The van der Waals surface area contributed by atoms with Crippen molar-refractivity contribution in [2.24, 2.45) is 11.8 Å². The number of carboxylic acid groups (broad SMARTS) is 1. The van der Waals surface area contributed by atoms with E-state index in [1.54, 1.807) is 31.2 Å². The van der Waals surface area contributed by atoms with Crippen LogP contribution in [0.15, 0.2) is 54.0 Å². The van der Waals surface area contributed by atoms with E-state index < -0.39 is 69.4 Å². The number of carbonyl (C=O) groups excluding carboxylic acids is 2. The highest BCUT2D eigenvalue weighted by molar-refractivity contribution is 7.10. The zero-order chi connectivity index (χ0) is 40.5. The number of carbonyl (C=O) groups is 3. The number of aromatic nitrogens is 1. The average Bonchev–Trinajstić information content (AvgIpc) is 3.85. The van der Waals surface area contributed by atoms with Gasteiger partial charge in [-0.2, -0.15) is 26.3 Å². The van der Waals surface area contributed by atoms with E-state index in [4.69, 9.17) is 9.47 Å². The second kappa shape index (κ2) is 16.2. The Morgan fingerprint density at radius 1 is 0.982 bits per heavy atom. The lowest BCUT2D eigenvalue weighted by atomic mass is 9.78. The molecule has 4 atom stereocenters. The quantitative estimate of drug-likeness (QED) is 0.188. The normalized spacial score (nSPS) is 24.2. The summed E-state index contributed by atoms with van der Waals surface area (Å²) in [4.78, 5) is 45.8. The molecule has 10 nitrogen and oxygen atoms in total. The highest BCUT2D eigenvalue weighted by Gasteiger charge is 2.57. The van der Waals surface area contributed by atoms with Crippen LogP contribution in [0.25, 0.3) is 0 Å². The predicted octanol–water partition coefficient (Wildman–Crippen LogP) is 7.79. The van der Waals surface area contributed by atoms with Gasteiger partial charge in [0.25, 0.3) is 11.8 Å². The van der Waals surface area contributed by atoms with Gasteiger partial charge >= 0.3 is 18.3 Å². The molecule has 1 aromatic carbocycles. The van der Waals surface area contributed by atoms with Crippen LogP contribution in [0.5, 0.6) is 11.5 Å². The number of aliphatic carboxylic acids is 1. The first-order chi connectivity index (χ1) is 26.5. The Labute approximate surface area is 323 Å². The van der Waals surface area contributed by atoms with Gasteiger partial charge in [0.15, 0.2) is 0 Å². The summed E-state index contributed by atoms with van der Waals surface area (Å²) in [5.41, 5.74) is -5.09. The van der Waals surface area contributed by atoms with Gasteiger partial charge in [-0.3, -0.25) is 19.4 Å². The number of hydrogen-bond donors (Lipinski definition) is 2. The standard InChI is InChI=1S/C39H43F6N3O7S/c1-2-7-30-37(55-26-21-31(56-23-26)39(43,44)45,13-6-17-48(30)33(49)32-28(38(40,41)42)9-5-16-46-32)35(52)47-18-14-36(53,15-19-47)27-8-3-4-10-29(27)54-22-24-11-12-25(20-24)34(50)51/h3-5,8-10,16,21,23-25,30,53H,2,6-7,11-15,17-20,22H2,1H3,(H,50,51)/t24-,25+,30+,37-/m0/s1. The topological polar surface area (TPSA) is 130 Å². The molecule has 3 aromatic rings. The number of alkyl halides is 6. The van der Waals surface area contributed by atoms with E-state index in [1.165, 1.54) is 4.90 Å². The molecule has 4 heterocycles. The van der Waals surface area contributed by atoms with Gasteiger partial charge in [-0.15, -0.1) is 11.3 Å². The third kappa shape index (κ3) is 8.48. The summed E-state index contributed by atoms with van der Waals surface area (Å²) in [6.07, 6.45) is -6.33. The molecule has 6 rings (SSSR count). The number of thiophene rings is 1. The third-order valence-electron chi connectivity index (χ3n) is 11.1. The number of hydrogen-bond acceptors (Lipinski definition) is 8. The zero-order valence-electron chi connectivity index (χ0n) is 30.6. The van der Waals surface area contributed by atoms with Crippen molar-refractivity contribution in [3.05, 3.63) is 75.7 Å². The predicted molar refractivity (Wildman–Crippen MR) is 191 cm³/mol. The van der Waals surface area contributed by atoms with E-state index >= 15 is 0 Å². The van der Waals surface area contributed by atoms with Crippen LogP contribution in [-0.4, -0.2) is 80.7 Å². The molecule has 0 bridgehead atoms. The smallest absolute Gasteiger partial charge is 0.425 e. The Morgan fingerprint density at radius 3 is 2.36 bits per heavy atom. The number of para-hydroxylation sites is 1. The van der Waals surface area contributed by atoms with Crippen molar-refractivity contribution in [3.8, 4) is 11.5 Å². The number of rotatable bonds is 11. The average molecular weight is 812 g/mol. The first kappa shape index (κ1) is 41.3. The Hall–Kier alpha value is -4.38. The zero-order valence-corrected chi connectivity index (χ0v) is 31.4. The lowest BCUT2D eigenvalue weighted by Gasteiger charge is -2.51. The number of ether oxygens (including phenoxy) is 2. The van der Waals surface area contributed by atoms with E-state index in [9.17, 15) is 50.9 Å². The minimum atomic E-state index is -4.92. The van der Waals surface area contributed by atoms with Crippen molar-refractivity contribution in [1.82, 2.24) is 14.8 Å². The number of likely N-dealkylation sites (tertiary alicyclic amines) is 2. The van der Waals surface area contributed by atoms with Gasteiger partial charge in [0.2, 0.25) is 5.60 Å². The van der Waals surface area contributed by atoms with Gasteiger partial charge in [0.05, 0.1) is 29.7 Å². The van der Waals surface area contributed by atoms with Crippen LogP contribution in [-0.2, 0) is 27.5 Å². The molecule has 0 spiro atoms. The Kier molecular flexibility index (Phi) is 12.0. The number of carboxylic acids is 1. The van der Waals surface area contributed by atoms with Gasteiger partial charge in [0, 0.05) is 49.3 Å². The number of pyridine rings is 1. The van der Waals surface area contributed by atoms with Crippen LogP contribution in [0.1, 0.15) is 91.2 Å². The fraction of sp³-hybridized carbons (Fsp3) is 0.538. The summed E-state index contributed by atoms with van der Waals surface area (Å²) in [6.45, 7) is 1.90.